The van der Waals surface area contributed by atoms with Crippen molar-refractivity contribution in [1.82, 2.24) is 0 Å². The van der Waals surface area contributed by atoms with E-state index in [0.29, 0.717) is 18.6 Å². The van der Waals surface area contributed by atoms with Crippen LogP contribution in [-0.2, 0) is 4.79 Å². The van der Waals surface area contributed by atoms with Crippen LogP contribution in [0.1, 0.15) is 42.7 Å². The highest BCUT2D eigenvalue weighted by atomic mass is 19.1. The normalized spacial score (nSPS) is 17.1. The summed E-state index contributed by atoms with van der Waals surface area (Å²) in [6.45, 7) is 0. The summed E-state index contributed by atoms with van der Waals surface area (Å²) in [5, 5.41) is 8.62. The van der Waals surface area contributed by atoms with Crippen LogP contribution < -0.4 is 0 Å². The molecule has 0 bridgehead atoms. The topological polar surface area (TPSA) is 40.9 Å². The van der Waals surface area contributed by atoms with Gasteiger partial charge in [-0.25, -0.2) is 4.39 Å². The number of carbonyl (C=O) groups is 1. The van der Waals surface area contributed by atoms with Crippen molar-refractivity contribution < 1.29 is 9.18 Å². The molecule has 16 heavy (non-hydrogen) atoms. The molecule has 0 amide bonds. The van der Waals surface area contributed by atoms with Gasteiger partial charge in [0.25, 0.3) is 0 Å². The summed E-state index contributed by atoms with van der Waals surface area (Å²) in [4.78, 5) is 11.1. The zero-order chi connectivity index (χ0) is 11.5. The van der Waals surface area contributed by atoms with Gasteiger partial charge in [0.05, 0.1) is 5.56 Å². The number of halogens is 1. The molecule has 3 heteroatoms. The van der Waals surface area contributed by atoms with E-state index < -0.39 is 5.82 Å². The van der Waals surface area contributed by atoms with E-state index in [0.717, 1.165) is 18.4 Å². The van der Waals surface area contributed by atoms with E-state index in [2.05, 4.69) is 0 Å². The number of nitriles is 1. The van der Waals surface area contributed by atoms with E-state index in [1.54, 1.807) is 12.1 Å². The van der Waals surface area contributed by atoms with Crippen LogP contribution in [0.5, 0.6) is 0 Å². The van der Waals surface area contributed by atoms with E-state index in [-0.39, 0.29) is 11.5 Å². The van der Waals surface area contributed by atoms with Gasteiger partial charge < -0.3 is 0 Å². The van der Waals surface area contributed by atoms with Gasteiger partial charge in [0.15, 0.2) is 0 Å². The van der Waals surface area contributed by atoms with Crippen molar-refractivity contribution in [3.05, 3.63) is 35.1 Å². The molecular weight excluding hydrogens is 205 g/mol. The Morgan fingerprint density at radius 3 is 2.56 bits per heavy atom. The van der Waals surface area contributed by atoms with Crippen LogP contribution >= 0.6 is 0 Å². The third kappa shape index (κ3) is 2.11. The third-order valence-electron chi connectivity index (χ3n) is 3.13. The van der Waals surface area contributed by atoms with Crippen molar-refractivity contribution in [2.24, 2.45) is 0 Å². The summed E-state index contributed by atoms with van der Waals surface area (Å²) in [7, 11) is 0. The SMILES string of the molecule is N#Cc1ccc(C2CCC(=O)CC2)cc1F. The Morgan fingerprint density at radius 1 is 1.31 bits per heavy atom. The molecule has 2 nitrogen and oxygen atoms in total. The second-order valence-corrected chi connectivity index (χ2v) is 4.16. The first-order valence-corrected chi connectivity index (χ1v) is 5.42. The fraction of sp³-hybridized carbons (Fsp3) is 0.385. The lowest BCUT2D eigenvalue weighted by molar-refractivity contribution is -0.120. The molecule has 1 aromatic rings. The maximum atomic E-state index is 13.4. The van der Waals surface area contributed by atoms with Gasteiger partial charge in [0.1, 0.15) is 17.7 Å². The Balaban J connectivity index is 2.19. The molecular formula is C13H12FNO. The highest BCUT2D eigenvalue weighted by molar-refractivity contribution is 5.79. The summed E-state index contributed by atoms with van der Waals surface area (Å²) >= 11 is 0. The van der Waals surface area contributed by atoms with Crippen molar-refractivity contribution in [3.8, 4) is 6.07 Å². The molecule has 0 aromatic heterocycles. The molecule has 0 saturated heterocycles. The molecule has 2 rings (SSSR count). The fourth-order valence-electron chi connectivity index (χ4n) is 2.15. The maximum absolute atomic E-state index is 13.4. The summed E-state index contributed by atoms with van der Waals surface area (Å²) in [5.41, 5.74) is 0.986. The Bertz CT molecular complexity index is 451. The minimum Gasteiger partial charge on any atom is -0.300 e. The van der Waals surface area contributed by atoms with Crippen LogP contribution in [0.2, 0.25) is 0 Å². The first-order chi connectivity index (χ1) is 7.70. The highest BCUT2D eigenvalue weighted by Crippen LogP contribution is 2.31. The minimum atomic E-state index is -0.461. The largest absolute Gasteiger partial charge is 0.300 e. The monoisotopic (exact) mass is 217 g/mol. The molecule has 0 unspecified atom stereocenters. The lowest BCUT2D eigenvalue weighted by atomic mass is 9.83. The highest BCUT2D eigenvalue weighted by Gasteiger charge is 2.20. The van der Waals surface area contributed by atoms with Gasteiger partial charge in [-0.2, -0.15) is 5.26 Å². The lowest BCUT2D eigenvalue weighted by Crippen LogP contribution is -2.12. The Hall–Kier alpha value is -1.69. The quantitative estimate of drug-likeness (QED) is 0.725. The second kappa shape index (κ2) is 4.44. The molecule has 1 fully saturated rings. The molecule has 1 aliphatic rings. The van der Waals surface area contributed by atoms with E-state index in [4.69, 9.17) is 5.26 Å². The maximum Gasteiger partial charge on any atom is 0.141 e. The number of benzene rings is 1. The summed E-state index contributed by atoms with van der Waals surface area (Å²) < 4.78 is 13.4. The van der Waals surface area contributed by atoms with Gasteiger partial charge in [-0.1, -0.05) is 6.07 Å². The molecule has 0 heterocycles. The van der Waals surface area contributed by atoms with Crippen molar-refractivity contribution in [3.63, 3.8) is 0 Å². The second-order valence-electron chi connectivity index (χ2n) is 4.16. The standard InChI is InChI=1S/C13H12FNO/c14-13-7-10(1-2-11(13)8-15)9-3-5-12(16)6-4-9/h1-2,7,9H,3-6H2. The molecule has 0 spiro atoms. The van der Waals surface area contributed by atoms with Crippen LogP contribution in [0.3, 0.4) is 0 Å². The number of rotatable bonds is 1. The van der Waals surface area contributed by atoms with Gasteiger partial charge in [0.2, 0.25) is 0 Å². The average molecular weight is 217 g/mol. The number of Topliss-reactive ketones (excluding diaryl/α,β-unsaturated/α-hetero) is 1. The van der Waals surface area contributed by atoms with Crippen LogP contribution in [-0.4, -0.2) is 5.78 Å². The number of nitrogens with zero attached hydrogens (tertiary/aromatic N) is 1. The van der Waals surface area contributed by atoms with Crippen LogP contribution in [0.4, 0.5) is 4.39 Å². The van der Waals surface area contributed by atoms with Crippen molar-refractivity contribution in [2.45, 2.75) is 31.6 Å². The third-order valence-corrected chi connectivity index (χ3v) is 3.13. The molecule has 82 valence electrons. The van der Waals surface area contributed by atoms with E-state index in [1.165, 1.54) is 12.1 Å². The van der Waals surface area contributed by atoms with Gasteiger partial charge in [-0.05, 0) is 36.5 Å². The van der Waals surface area contributed by atoms with Gasteiger partial charge in [-0.3, -0.25) is 4.79 Å². The number of hydrogen-bond acceptors (Lipinski definition) is 2. The molecule has 0 radical (unpaired) electrons. The van der Waals surface area contributed by atoms with Crippen LogP contribution in [0.25, 0.3) is 0 Å². The number of carbonyl (C=O) groups excluding carboxylic acids is 1. The van der Waals surface area contributed by atoms with Gasteiger partial charge in [-0.15, -0.1) is 0 Å². The van der Waals surface area contributed by atoms with E-state index in [1.807, 2.05) is 0 Å². The number of hydrogen-bond donors (Lipinski definition) is 0. The van der Waals surface area contributed by atoms with Gasteiger partial charge >= 0.3 is 0 Å². The van der Waals surface area contributed by atoms with Crippen molar-refractivity contribution in [2.75, 3.05) is 0 Å². The molecule has 1 aliphatic carbocycles. The van der Waals surface area contributed by atoms with Crippen molar-refractivity contribution in [1.29, 1.82) is 5.26 Å². The molecule has 1 aromatic carbocycles. The lowest BCUT2D eigenvalue weighted by Gasteiger charge is -2.21. The average Bonchev–Trinajstić information content (AvgIpc) is 2.30. The molecule has 0 aliphatic heterocycles. The van der Waals surface area contributed by atoms with E-state index in [9.17, 15) is 9.18 Å². The van der Waals surface area contributed by atoms with Crippen molar-refractivity contribution >= 4 is 5.78 Å². The smallest absolute Gasteiger partial charge is 0.141 e. The zero-order valence-corrected chi connectivity index (χ0v) is 8.87. The van der Waals surface area contributed by atoms with Crippen LogP contribution in [0.15, 0.2) is 18.2 Å². The molecule has 0 N–H and O–H groups in total. The van der Waals surface area contributed by atoms with Crippen LogP contribution in [0, 0.1) is 17.1 Å². The molecule has 1 saturated carbocycles. The Labute approximate surface area is 93.7 Å². The first-order valence-electron chi connectivity index (χ1n) is 5.42. The fourth-order valence-corrected chi connectivity index (χ4v) is 2.15. The van der Waals surface area contributed by atoms with Gasteiger partial charge in [0, 0.05) is 12.8 Å². The summed E-state index contributed by atoms with van der Waals surface area (Å²) in [6.07, 6.45) is 2.77. The predicted octanol–water partition coefficient (Wildman–Crippen LogP) is 2.92. The van der Waals surface area contributed by atoms with E-state index >= 15 is 0 Å². The minimum absolute atomic E-state index is 0.0793. The zero-order valence-electron chi connectivity index (χ0n) is 8.87. The Morgan fingerprint density at radius 2 is 2.00 bits per heavy atom. The predicted molar refractivity (Wildman–Crippen MR) is 57.3 cm³/mol. The number of ketones is 1. The Kier molecular flexibility index (Phi) is 3.00. The summed E-state index contributed by atoms with van der Waals surface area (Å²) in [6, 6.07) is 6.54. The first kappa shape index (κ1) is 10.8. The molecule has 0 atom stereocenters. The summed E-state index contributed by atoms with van der Waals surface area (Å²) in [5.74, 6) is 0.0993.